The molecule has 1 aromatic carbocycles. The Balaban J connectivity index is 1.97. The SMILES string of the molecule is COCCN(C)c1cc(Nc2cc(C)[nH]n2)nc(-c2ccc(C(C)(C)C)cc2)n1. The average molecular weight is 395 g/mol. The molecule has 0 radical (unpaired) electrons. The molecule has 3 aromatic rings. The second kappa shape index (κ2) is 8.61. The Morgan fingerprint density at radius 2 is 1.79 bits per heavy atom. The van der Waals surface area contributed by atoms with Crippen LogP contribution in [0.5, 0.6) is 0 Å². The van der Waals surface area contributed by atoms with E-state index >= 15 is 0 Å². The van der Waals surface area contributed by atoms with Gasteiger partial charge in [-0.2, -0.15) is 5.10 Å². The maximum absolute atomic E-state index is 5.21. The third kappa shape index (κ3) is 5.32. The molecule has 0 amide bonds. The second-order valence-corrected chi connectivity index (χ2v) is 8.24. The van der Waals surface area contributed by atoms with Crippen molar-refractivity contribution in [1.82, 2.24) is 20.2 Å². The molecule has 0 atom stereocenters. The number of nitrogens with one attached hydrogen (secondary N) is 2. The molecule has 7 nitrogen and oxygen atoms in total. The van der Waals surface area contributed by atoms with Crippen LogP contribution >= 0.6 is 0 Å². The van der Waals surface area contributed by atoms with Gasteiger partial charge in [0.05, 0.1) is 6.61 Å². The number of benzene rings is 1. The molecule has 0 unspecified atom stereocenters. The predicted octanol–water partition coefficient (Wildman–Crippen LogP) is 4.30. The van der Waals surface area contributed by atoms with E-state index in [4.69, 9.17) is 14.7 Å². The van der Waals surface area contributed by atoms with E-state index in [9.17, 15) is 0 Å². The summed E-state index contributed by atoms with van der Waals surface area (Å²) in [4.78, 5) is 11.6. The average Bonchev–Trinajstić information content (AvgIpc) is 3.09. The molecule has 2 heterocycles. The Hall–Kier alpha value is -2.93. The fourth-order valence-corrected chi connectivity index (χ4v) is 2.90. The lowest BCUT2D eigenvalue weighted by Crippen LogP contribution is -2.23. The highest BCUT2D eigenvalue weighted by molar-refractivity contribution is 5.64. The van der Waals surface area contributed by atoms with Crippen molar-refractivity contribution in [2.24, 2.45) is 0 Å². The van der Waals surface area contributed by atoms with E-state index in [0.29, 0.717) is 18.2 Å². The van der Waals surface area contributed by atoms with Crippen LogP contribution in [0.3, 0.4) is 0 Å². The number of likely N-dealkylation sites (N-methyl/N-ethyl adjacent to an activating group) is 1. The lowest BCUT2D eigenvalue weighted by Gasteiger charge is -2.20. The molecule has 2 N–H and O–H groups in total. The van der Waals surface area contributed by atoms with Crippen molar-refractivity contribution in [3.05, 3.63) is 47.7 Å². The van der Waals surface area contributed by atoms with Gasteiger partial charge in [-0.3, -0.25) is 5.10 Å². The molecule has 7 heteroatoms. The minimum Gasteiger partial charge on any atom is -0.383 e. The Morgan fingerprint density at radius 3 is 2.38 bits per heavy atom. The van der Waals surface area contributed by atoms with Crippen LogP contribution in [0.15, 0.2) is 36.4 Å². The maximum atomic E-state index is 5.21. The van der Waals surface area contributed by atoms with Crippen LogP contribution in [0.25, 0.3) is 11.4 Å². The summed E-state index contributed by atoms with van der Waals surface area (Å²) in [5.74, 6) is 2.91. The Kier molecular flexibility index (Phi) is 6.17. The van der Waals surface area contributed by atoms with Crippen LogP contribution in [0.4, 0.5) is 17.5 Å². The van der Waals surface area contributed by atoms with Crippen LogP contribution < -0.4 is 10.2 Å². The number of H-pyrrole nitrogens is 1. The fraction of sp³-hybridized carbons (Fsp3) is 0.409. The molecule has 0 saturated carbocycles. The molecule has 0 spiro atoms. The summed E-state index contributed by atoms with van der Waals surface area (Å²) in [6.45, 7) is 9.94. The predicted molar refractivity (Wildman–Crippen MR) is 118 cm³/mol. The van der Waals surface area contributed by atoms with Gasteiger partial charge >= 0.3 is 0 Å². The minimum absolute atomic E-state index is 0.103. The molecule has 0 saturated heterocycles. The van der Waals surface area contributed by atoms with Gasteiger partial charge < -0.3 is 15.0 Å². The summed E-state index contributed by atoms with van der Waals surface area (Å²) in [5.41, 5.74) is 3.34. The van der Waals surface area contributed by atoms with Crippen LogP contribution in [0.1, 0.15) is 32.0 Å². The first-order valence-corrected chi connectivity index (χ1v) is 9.75. The van der Waals surface area contributed by atoms with Crippen molar-refractivity contribution in [1.29, 1.82) is 0 Å². The van der Waals surface area contributed by atoms with E-state index in [0.717, 1.165) is 29.4 Å². The Bertz CT molecular complexity index is 943. The zero-order valence-electron chi connectivity index (χ0n) is 18.1. The van der Waals surface area contributed by atoms with E-state index in [2.05, 4.69) is 65.5 Å². The highest BCUT2D eigenvalue weighted by Crippen LogP contribution is 2.27. The highest BCUT2D eigenvalue weighted by atomic mass is 16.5. The van der Waals surface area contributed by atoms with Crippen LogP contribution in [0.2, 0.25) is 0 Å². The monoisotopic (exact) mass is 394 g/mol. The smallest absolute Gasteiger partial charge is 0.163 e. The number of methoxy groups -OCH3 is 1. The normalized spacial score (nSPS) is 11.5. The van der Waals surface area contributed by atoms with Gasteiger partial charge in [0.1, 0.15) is 11.6 Å². The summed E-state index contributed by atoms with van der Waals surface area (Å²) in [6, 6.07) is 12.3. The molecule has 2 aromatic heterocycles. The first kappa shape index (κ1) is 20.8. The molecular weight excluding hydrogens is 364 g/mol. The zero-order valence-corrected chi connectivity index (χ0v) is 18.1. The third-order valence-corrected chi connectivity index (χ3v) is 4.71. The molecule has 29 heavy (non-hydrogen) atoms. The minimum atomic E-state index is 0.103. The fourth-order valence-electron chi connectivity index (χ4n) is 2.90. The summed E-state index contributed by atoms with van der Waals surface area (Å²) in [6.07, 6.45) is 0. The summed E-state index contributed by atoms with van der Waals surface area (Å²) >= 11 is 0. The Labute approximate surface area is 172 Å². The van der Waals surface area contributed by atoms with Gasteiger partial charge in [-0.15, -0.1) is 0 Å². The standard InChI is InChI=1S/C22H30N6O/c1-15-13-19(27-26-15)23-18-14-20(28(5)11-12-29-6)25-21(24-18)16-7-9-17(10-8-16)22(2,3)4/h7-10,13-14H,11-12H2,1-6H3,(H2,23,24,25,26,27). The molecular formula is C22H30N6O. The lowest BCUT2D eigenvalue weighted by atomic mass is 9.87. The molecule has 3 rings (SSSR count). The topological polar surface area (TPSA) is 79.0 Å². The number of hydrogen-bond acceptors (Lipinski definition) is 6. The van der Waals surface area contributed by atoms with Gasteiger partial charge in [-0.05, 0) is 17.9 Å². The second-order valence-electron chi connectivity index (χ2n) is 8.24. The number of rotatable bonds is 7. The first-order chi connectivity index (χ1) is 13.8. The van der Waals surface area contributed by atoms with E-state index in [1.165, 1.54) is 5.56 Å². The Morgan fingerprint density at radius 1 is 1.07 bits per heavy atom. The number of ether oxygens (including phenoxy) is 1. The van der Waals surface area contributed by atoms with E-state index < -0.39 is 0 Å². The number of nitrogens with zero attached hydrogens (tertiary/aromatic N) is 4. The molecule has 0 aliphatic rings. The van der Waals surface area contributed by atoms with E-state index in [1.807, 2.05) is 26.1 Å². The van der Waals surface area contributed by atoms with Gasteiger partial charge in [0.15, 0.2) is 11.6 Å². The first-order valence-electron chi connectivity index (χ1n) is 9.75. The van der Waals surface area contributed by atoms with Crippen molar-refractivity contribution < 1.29 is 4.74 Å². The van der Waals surface area contributed by atoms with Crippen molar-refractivity contribution in [3.8, 4) is 11.4 Å². The van der Waals surface area contributed by atoms with Gasteiger partial charge in [0.25, 0.3) is 0 Å². The van der Waals surface area contributed by atoms with Crippen molar-refractivity contribution in [2.75, 3.05) is 37.5 Å². The van der Waals surface area contributed by atoms with Crippen LogP contribution in [-0.4, -0.2) is 47.5 Å². The van der Waals surface area contributed by atoms with Gasteiger partial charge in [-0.25, -0.2) is 9.97 Å². The van der Waals surface area contributed by atoms with Crippen molar-refractivity contribution >= 4 is 17.5 Å². The number of anilines is 3. The number of aromatic nitrogens is 4. The van der Waals surface area contributed by atoms with Crippen LogP contribution in [0, 0.1) is 6.92 Å². The molecule has 0 aliphatic carbocycles. The molecule has 0 aliphatic heterocycles. The molecule has 0 bridgehead atoms. The van der Waals surface area contributed by atoms with Gasteiger partial charge in [0.2, 0.25) is 0 Å². The van der Waals surface area contributed by atoms with E-state index in [1.54, 1.807) is 7.11 Å². The van der Waals surface area contributed by atoms with Crippen LogP contribution in [-0.2, 0) is 10.2 Å². The quantitative estimate of drug-likeness (QED) is 0.622. The van der Waals surface area contributed by atoms with E-state index in [-0.39, 0.29) is 5.41 Å². The summed E-state index contributed by atoms with van der Waals surface area (Å²) in [5, 5.41) is 10.5. The largest absolute Gasteiger partial charge is 0.383 e. The zero-order chi connectivity index (χ0) is 21.0. The third-order valence-electron chi connectivity index (χ3n) is 4.71. The van der Waals surface area contributed by atoms with Crippen molar-refractivity contribution in [2.45, 2.75) is 33.1 Å². The highest BCUT2D eigenvalue weighted by Gasteiger charge is 2.15. The number of aryl methyl sites for hydroxylation is 1. The van der Waals surface area contributed by atoms with Gasteiger partial charge in [0, 0.05) is 44.1 Å². The lowest BCUT2D eigenvalue weighted by molar-refractivity contribution is 0.206. The van der Waals surface area contributed by atoms with Gasteiger partial charge in [-0.1, -0.05) is 45.0 Å². The maximum Gasteiger partial charge on any atom is 0.163 e. The van der Waals surface area contributed by atoms with Crippen molar-refractivity contribution in [3.63, 3.8) is 0 Å². The number of hydrogen-bond donors (Lipinski definition) is 2. The number of aromatic amines is 1. The molecule has 154 valence electrons. The summed E-state index contributed by atoms with van der Waals surface area (Å²) < 4.78 is 5.21. The summed E-state index contributed by atoms with van der Waals surface area (Å²) in [7, 11) is 3.69. The molecule has 0 fully saturated rings.